The summed E-state index contributed by atoms with van der Waals surface area (Å²) in [7, 11) is 0. The zero-order valence-electron chi connectivity index (χ0n) is 10.4. The van der Waals surface area contributed by atoms with E-state index in [0.29, 0.717) is 0 Å². The van der Waals surface area contributed by atoms with Gasteiger partial charge in [0, 0.05) is 16.3 Å². The Balaban J connectivity index is 2.11. The highest BCUT2D eigenvalue weighted by atomic mass is 79.9. The van der Waals surface area contributed by atoms with E-state index in [-0.39, 0.29) is 0 Å². The van der Waals surface area contributed by atoms with Crippen LogP contribution in [0.1, 0.15) is 5.56 Å². The van der Waals surface area contributed by atoms with Gasteiger partial charge in [0.15, 0.2) is 3.24 Å². The smallest absolute Gasteiger partial charge is 0.199 e. The number of rotatable bonds is 2. The lowest BCUT2D eigenvalue weighted by atomic mass is 9.92. The molecule has 0 saturated carbocycles. The minimum Gasteiger partial charge on any atom is -0.370 e. The van der Waals surface area contributed by atoms with Crippen molar-refractivity contribution in [2.75, 3.05) is 11.1 Å². The quantitative estimate of drug-likeness (QED) is 0.669. The maximum Gasteiger partial charge on any atom is 0.199 e. The number of hydrogen-bond donors (Lipinski definition) is 1. The number of anilines is 1. The maximum absolute atomic E-state index is 6.48. The largest absolute Gasteiger partial charge is 0.370 e. The summed E-state index contributed by atoms with van der Waals surface area (Å²) in [4.78, 5) is 1.21. The van der Waals surface area contributed by atoms with Gasteiger partial charge in [-0.15, -0.1) is 11.8 Å². The lowest BCUT2D eigenvalue weighted by Gasteiger charge is -2.44. The fourth-order valence-electron chi connectivity index (χ4n) is 2.34. The second-order valence-electron chi connectivity index (χ2n) is 4.68. The summed E-state index contributed by atoms with van der Waals surface area (Å²) in [6.07, 6.45) is 0. The normalized spacial score (nSPS) is 21.9. The van der Waals surface area contributed by atoms with Gasteiger partial charge in [0.05, 0.1) is 0 Å². The van der Waals surface area contributed by atoms with E-state index in [0.717, 1.165) is 17.0 Å². The van der Waals surface area contributed by atoms with Gasteiger partial charge in [-0.25, -0.2) is 0 Å². The molecule has 1 heterocycles. The van der Waals surface area contributed by atoms with Crippen LogP contribution in [0.2, 0.25) is 0 Å². The highest BCUT2D eigenvalue weighted by molar-refractivity contribution is 9.11. The van der Waals surface area contributed by atoms with Crippen LogP contribution in [0, 0.1) is 0 Å². The van der Waals surface area contributed by atoms with Crippen molar-refractivity contribution in [3.05, 3.63) is 60.2 Å². The number of para-hydroxylation sites is 1. The van der Waals surface area contributed by atoms with E-state index in [1.165, 1.54) is 4.90 Å². The van der Waals surface area contributed by atoms with Crippen LogP contribution in [0.15, 0.2) is 59.5 Å². The molecule has 1 unspecified atom stereocenters. The van der Waals surface area contributed by atoms with Gasteiger partial charge < -0.3 is 5.32 Å². The third-order valence-electron chi connectivity index (χ3n) is 3.43. The molecule has 0 spiro atoms. The summed E-state index contributed by atoms with van der Waals surface area (Å²) in [5.74, 6) is 0.742. The first-order valence-corrected chi connectivity index (χ1v) is 8.69. The number of halogens is 3. The summed E-state index contributed by atoms with van der Waals surface area (Å²) in [6.45, 7) is 0. The molecule has 0 bridgehead atoms. The first kappa shape index (κ1) is 14.6. The Hall–Kier alpha value is -0.350. The molecule has 1 aliphatic rings. The van der Waals surface area contributed by atoms with Crippen LogP contribution in [-0.4, -0.2) is 9.00 Å². The van der Waals surface area contributed by atoms with Gasteiger partial charge in [0.1, 0.15) is 5.54 Å². The molecule has 104 valence electrons. The van der Waals surface area contributed by atoms with Crippen LogP contribution in [0.4, 0.5) is 5.69 Å². The van der Waals surface area contributed by atoms with Crippen molar-refractivity contribution in [1.29, 1.82) is 0 Å². The molecule has 20 heavy (non-hydrogen) atoms. The molecule has 2 aromatic carbocycles. The Kier molecular flexibility index (Phi) is 3.97. The molecule has 0 fully saturated rings. The molecule has 1 atom stereocenters. The van der Waals surface area contributed by atoms with Gasteiger partial charge in [0.25, 0.3) is 0 Å². The van der Waals surface area contributed by atoms with Crippen molar-refractivity contribution in [3.8, 4) is 0 Å². The lowest BCUT2D eigenvalue weighted by Crippen LogP contribution is -2.50. The monoisotopic (exact) mass is 387 g/mol. The van der Waals surface area contributed by atoms with Gasteiger partial charge in [-0.2, -0.15) is 0 Å². The van der Waals surface area contributed by atoms with Gasteiger partial charge in [-0.3, -0.25) is 0 Å². The SMILES string of the molecule is ClC(Cl)(Br)C1(c2ccccc2)CSc2ccccc2N1. The summed E-state index contributed by atoms with van der Waals surface area (Å²) in [6, 6.07) is 18.3. The average molecular weight is 389 g/mol. The first-order valence-electron chi connectivity index (χ1n) is 6.15. The predicted molar refractivity (Wildman–Crippen MR) is 92.3 cm³/mol. The highest BCUT2D eigenvalue weighted by Gasteiger charge is 2.51. The van der Waals surface area contributed by atoms with Crippen molar-refractivity contribution in [3.63, 3.8) is 0 Å². The van der Waals surface area contributed by atoms with Crippen LogP contribution in [0.3, 0.4) is 0 Å². The Morgan fingerprint density at radius 3 is 2.40 bits per heavy atom. The van der Waals surface area contributed by atoms with E-state index in [4.69, 9.17) is 23.2 Å². The summed E-state index contributed by atoms with van der Waals surface area (Å²) >= 11 is 18.1. The van der Waals surface area contributed by atoms with Crippen LogP contribution in [-0.2, 0) is 5.54 Å². The fourth-order valence-corrected chi connectivity index (χ4v) is 4.88. The molecule has 0 aliphatic carbocycles. The van der Waals surface area contributed by atoms with Crippen LogP contribution in [0.25, 0.3) is 0 Å². The van der Waals surface area contributed by atoms with Crippen molar-refractivity contribution < 1.29 is 0 Å². The van der Waals surface area contributed by atoms with Crippen molar-refractivity contribution >= 4 is 56.6 Å². The van der Waals surface area contributed by atoms with E-state index >= 15 is 0 Å². The number of hydrogen-bond acceptors (Lipinski definition) is 2. The second kappa shape index (κ2) is 5.45. The predicted octanol–water partition coefficient (Wildman–Crippen LogP) is 5.63. The topological polar surface area (TPSA) is 12.0 Å². The van der Waals surface area contributed by atoms with Crippen molar-refractivity contribution in [2.24, 2.45) is 0 Å². The first-order chi connectivity index (χ1) is 9.53. The molecule has 1 N–H and O–H groups in total. The molecule has 0 saturated heterocycles. The van der Waals surface area contributed by atoms with Crippen LogP contribution >= 0.6 is 50.9 Å². The molecule has 0 radical (unpaired) electrons. The lowest BCUT2D eigenvalue weighted by molar-refractivity contribution is 0.572. The fraction of sp³-hybridized carbons (Fsp3) is 0.200. The van der Waals surface area contributed by atoms with Gasteiger partial charge in [-0.1, -0.05) is 65.7 Å². The molecule has 3 rings (SSSR count). The molecule has 1 aliphatic heterocycles. The Labute approximate surface area is 141 Å². The van der Waals surface area contributed by atoms with E-state index in [9.17, 15) is 0 Å². The molecular weight excluding hydrogens is 377 g/mol. The van der Waals surface area contributed by atoms with Gasteiger partial charge in [-0.05, 0) is 33.6 Å². The Morgan fingerprint density at radius 1 is 1.05 bits per heavy atom. The average Bonchev–Trinajstić information content (AvgIpc) is 2.46. The maximum atomic E-state index is 6.48. The standard InChI is InChI=1S/C15H12BrCl2NS/c16-15(17,18)14(11-6-2-1-3-7-11)10-20-13-9-5-4-8-12(13)19-14/h1-9,19H,10H2. The summed E-state index contributed by atoms with van der Waals surface area (Å²) < 4.78 is -1.11. The Morgan fingerprint density at radius 2 is 1.70 bits per heavy atom. The summed E-state index contributed by atoms with van der Waals surface area (Å²) in [5.41, 5.74) is 1.53. The number of benzene rings is 2. The molecule has 5 heteroatoms. The molecular formula is C15H12BrCl2NS. The van der Waals surface area contributed by atoms with E-state index in [2.05, 4.69) is 27.3 Å². The zero-order chi connectivity index (χ0) is 14.2. The minimum absolute atomic E-state index is 0.587. The third-order valence-corrected chi connectivity index (χ3v) is 6.00. The van der Waals surface area contributed by atoms with E-state index in [1.54, 1.807) is 11.8 Å². The number of alkyl halides is 3. The molecule has 0 aromatic heterocycles. The highest BCUT2D eigenvalue weighted by Crippen LogP contribution is 2.54. The second-order valence-corrected chi connectivity index (χ2v) is 9.13. The minimum atomic E-state index is -1.11. The zero-order valence-corrected chi connectivity index (χ0v) is 14.4. The Bertz CT molecular complexity index is 615. The molecule has 0 amide bonds. The number of fused-ring (bicyclic) bond motifs is 1. The van der Waals surface area contributed by atoms with Crippen molar-refractivity contribution in [2.45, 2.75) is 13.7 Å². The van der Waals surface area contributed by atoms with Crippen molar-refractivity contribution in [1.82, 2.24) is 0 Å². The number of nitrogens with one attached hydrogen (secondary N) is 1. The number of thioether (sulfide) groups is 1. The molecule has 2 aromatic rings. The van der Waals surface area contributed by atoms with Crippen LogP contribution in [0.5, 0.6) is 0 Å². The van der Waals surface area contributed by atoms with E-state index < -0.39 is 8.78 Å². The summed E-state index contributed by atoms with van der Waals surface area (Å²) in [5, 5.41) is 3.54. The third kappa shape index (κ3) is 2.45. The van der Waals surface area contributed by atoms with Crippen LogP contribution < -0.4 is 5.32 Å². The van der Waals surface area contributed by atoms with Gasteiger partial charge >= 0.3 is 0 Å². The van der Waals surface area contributed by atoms with E-state index in [1.807, 2.05) is 48.5 Å². The molecule has 1 nitrogen and oxygen atoms in total. The van der Waals surface area contributed by atoms with Gasteiger partial charge in [0.2, 0.25) is 0 Å².